The zero-order valence-electron chi connectivity index (χ0n) is 12.6. The highest BCUT2D eigenvalue weighted by molar-refractivity contribution is 5.93. The van der Waals surface area contributed by atoms with Gasteiger partial charge in [-0.3, -0.25) is 9.89 Å². The summed E-state index contributed by atoms with van der Waals surface area (Å²) in [6.07, 6.45) is 1.57. The Morgan fingerprint density at radius 2 is 2.23 bits per heavy atom. The Balaban J connectivity index is 1.76. The molecule has 0 radical (unpaired) electrons. The Labute approximate surface area is 126 Å². The molecule has 0 saturated carbocycles. The highest BCUT2D eigenvalue weighted by Gasteiger charge is 2.19. The van der Waals surface area contributed by atoms with Gasteiger partial charge in [-0.2, -0.15) is 5.10 Å². The second-order valence-corrected chi connectivity index (χ2v) is 5.11. The molecule has 0 aliphatic carbocycles. The Hall–Kier alpha value is -2.83. The van der Waals surface area contributed by atoms with Gasteiger partial charge in [0.05, 0.1) is 18.5 Å². The first-order valence-corrected chi connectivity index (χ1v) is 6.82. The van der Waals surface area contributed by atoms with E-state index in [1.165, 1.54) is 0 Å². The smallest absolute Gasteiger partial charge is 0.274 e. The quantitative estimate of drug-likeness (QED) is 0.800. The van der Waals surface area contributed by atoms with Gasteiger partial charge < -0.3 is 13.8 Å². The summed E-state index contributed by atoms with van der Waals surface area (Å²) in [5.74, 6) is 1.17. The molecule has 3 heterocycles. The first-order valence-electron chi connectivity index (χ1n) is 6.82. The maximum Gasteiger partial charge on any atom is 0.274 e. The normalized spacial score (nSPS) is 10.9. The molecular weight excluding hydrogens is 284 g/mol. The number of aromatic nitrogens is 3. The maximum atomic E-state index is 12.4. The Morgan fingerprint density at radius 1 is 1.41 bits per heavy atom. The van der Waals surface area contributed by atoms with Crippen molar-refractivity contribution in [2.24, 2.45) is 0 Å². The molecule has 3 rings (SSSR count). The fraction of sp³-hybridized carbons (Fsp3) is 0.267. The molecule has 1 N–H and O–H groups in total. The van der Waals surface area contributed by atoms with Crippen LogP contribution in [-0.2, 0) is 6.54 Å². The van der Waals surface area contributed by atoms with Gasteiger partial charge in [0.2, 0.25) is 0 Å². The number of carbonyl (C=O) groups excluding carboxylic acids is 1. The highest BCUT2D eigenvalue weighted by Crippen LogP contribution is 2.19. The van der Waals surface area contributed by atoms with Crippen LogP contribution < -0.4 is 0 Å². The fourth-order valence-corrected chi connectivity index (χ4v) is 2.22. The molecule has 0 bridgehead atoms. The minimum atomic E-state index is -0.186. The van der Waals surface area contributed by atoms with Gasteiger partial charge in [0.15, 0.2) is 11.5 Å². The van der Waals surface area contributed by atoms with Gasteiger partial charge in [0, 0.05) is 18.7 Å². The Bertz CT molecular complexity index is 766. The summed E-state index contributed by atoms with van der Waals surface area (Å²) >= 11 is 0. The molecule has 0 atom stereocenters. The van der Waals surface area contributed by atoms with Crippen molar-refractivity contribution in [1.82, 2.24) is 20.3 Å². The van der Waals surface area contributed by atoms with E-state index in [2.05, 4.69) is 15.4 Å². The van der Waals surface area contributed by atoms with E-state index < -0.39 is 0 Å². The maximum absolute atomic E-state index is 12.4. The van der Waals surface area contributed by atoms with Crippen LogP contribution in [0.3, 0.4) is 0 Å². The number of nitrogens with one attached hydrogen (secondary N) is 1. The second-order valence-electron chi connectivity index (χ2n) is 5.11. The van der Waals surface area contributed by atoms with E-state index in [0.29, 0.717) is 23.7 Å². The Kier molecular flexibility index (Phi) is 3.54. The molecule has 0 unspecified atom stereocenters. The van der Waals surface area contributed by atoms with Crippen LogP contribution in [0, 0.1) is 13.8 Å². The molecule has 0 aliphatic rings. The first kappa shape index (κ1) is 14.1. The van der Waals surface area contributed by atoms with Gasteiger partial charge in [-0.25, -0.2) is 0 Å². The molecule has 3 aromatic rings. The molecule has 0 spiro atoms. The van der Waals surface area contributed by atoms with E-state index in [9.17, 15) is 4.79 Å². The lowest BCUT2D eigenvalue weighted by atomic mass is 10.2. The number of aryl methyl sites for hydroxylation is 2. The predicted molar refractivity (Wildman–Crippen MR) is 78.1 cm³/mol. The van der Waals surface area contributed by atoms with Crippen LogP contribution in [-0.4, -0.2) is 33.2 Å². The van der Waals surface area contributed by atoms with Crippen molar-refractivity contribution in [1.29, 1.82) is 0 Å². The van der Waals surface area contributed by atoms with Crippen molar-refractivity contribution < 1.29 is 13.7 Å². The molecular formula is C15H16N4O3. The van der Waals surface area contributed by atoms with E-state index in [0.717, 1.165) is 17.0 Å². The first-order chi connectivity index (χ1) is 10.6. The van der Waals surface area contributed by atoms with Crippen molar-refractivity contribution in [3.05, 3.63) is 47.2 Å². The predicted octanol–water partition coefficient (Wildman–Crippen LogP) is 2.55. The van der Waals surface area contributed by atoms with Crippen LogP contribution in [0.2, 0.25) is 0 Å². The van der Waals surface area contributed by atoms with Crippen LogP contribution in [0.25, 0.3) is 11.5 Å². The summed E-state index contributed by atoms with van der Waals surface area (Å²) in [6, 6.07) is 5.25. The monoisotopic (exact) mass is 300 g/mol. The minimum absolute atomic E-state index is 0.186. The zero-order valence-corrected chi connectivity index (χ0v) is 12.6. The molecule has 0 aliphatic heterocycles. The average molecular weight is 300 g/mol. The third-order valence-corrected chi connectivity index (χ3v) is 3.51. The average Bonchev–Trinajstić information content (AvgIpc) is 3.22. The van der Waals surface area contributed by atoms with Gasteiger partial charge in [-0.15, -0.1) is 0 Å². The lowest BCUT2D eigenvalue weighted by molar-refractivity contribution is 0.0778. The van der Waals surface area contributed by atoms with Gasteiger partial charge >= 0.3 is 0 Å². The zero-order chi connectivity index (χ0) is 15.7. The number of amides is 1. The minimum Gasteiger partial charge on any atom is -0.463 e. The van der Waals surface area contributed by atoms with Crippen LogP contribution in [0.1, 0.15) is 27.5 Å². The number of hydrogen-bond donors (Lipinski definition) is 1. The molecule has 7 nitrogen and oxygen atoms in total. The lowest BCUT2D eigenvalue weighted by Crippen LogP contribution is -2.27. The van der Waals surface area contributed by atoms with E-state index in [1.807, 2.05) is 13.8 Å². The third kappa shape index (κ3) is 2.52. The van der Waals surface area contributed by atoms with Crippen molar-refractivity contribution in [2.75, 3.05) is 7.05 Å². The number of aromatic amines is 1. The van der Waals surface area contributed by atoms with Crippen molar-refractivity contribution in [3.8, 4) is 11.5 Å². The number of rotatable bonds is 4. The number of nitrogens with zero attached hydrogens (tertiary/aromatic N) is 3. The van der Waals surface area contributed by atoms with E-state index in [4.69, 9.17) is 8.94 Å². The van der Waals surface area contributed by atoms with E-state index in [1.54, 1.807) is 36.4 Å². The molecule has 3 aromatic heterocycles. The standard InChI is InChI=1S/C15H16N4O3/c1-9-11(10(2)22-18-9)8-19(3)15(20)13-7-12(16-17-13)14-5-4-6-21-14/h4-7H,8H2,1-3H3,(H,16,17). The third-order valence-electron chi connectivity index (χ3n) is 3.51. The van der Waals surface area contributed by atoms with Crippen LogP contribution in [0.15, 0.2) is 33.4 Å². The molecule has 22 heavy (non-hydrogen) atoms. The summed E-state index contributed by atoms with van der Waals surface area (Å²) in [4.78, 5) is 14.0. The van der Waals surface area contributed by atoms with Crippen LogP contribution >= 0.6 is 0 Å². The van der Waals surface area contributed by atoms with Gasteiger partial charge in [0.1, 0.15) is 11.5 Å². The number of hydrogen-bond acceptors (Lipinski definition) is 5. The number of furan rings is 1. The van der Waals surface area contributed by atoms with Crippen molar-refractivity contribution in [2.45, 2.75) is 20.4 Å². The number of H-pyrrole nitrogens is 1. The van der Waals surface area contributed by atoms with Crippen LogP contribution in [0.5, 0.6) is 0 Å². The topological polar surface area (TPSA) is 88.2 Å². The molecule has 0 fully saturated rings. The molecule has 114 valence electrons. The molecule has 0 aromatic carbocycles. The van der Waals surface area contributed by atoms with Gasteiger partial charge in [-0.05, 0) is 26.0 Å². The van der Waals surface area contributed by atoms with Crippen molar-refractivity contribution >= 4 is 5.91 Å². The largest absolute Gasteiger partial charge is 0.463 e. The highest BCUT2D eigenvalue weighted by atomic mass is 16.5. The van der Waals surface area contributed by atoms with Gasteiger partial charge in [0.25, 0.3) is 5.91 Å². The second kappa shape index (κ2) is 5.51. The summed E-state index contributed by atoms with van der Waals surface area (Å²) in [5, 5.41) is 10.7. The number of carbonyl (C=O) groups is 1. The summed E-state index contributed by atoms with van der Waals surface area (Å²) < 4.78 is 10.4. The molecule has 1 amide bonds. The summed E-state index contributed by atoms with van der Waals surface area (Å²) in [7, 11) is 1.72. The molecule has 7 heteroatoms. The fourth-order valence-electron chi connectivity index (χ4n) is 2.22. The van der Waals surface area contributed by atoms with Gasteiger partial charge in [-0.1, -0.05) is 5.16 Å². The molecule has 0 saturated heterocycles. The summed E-state index contributed by atoms with van der Waals surface area (Å²) in [5.41, 5.74) is 2.70. The van der Waals surface area contributed by atoms with E-state index >= 15 is 0 Å². The Morgan fingerprint density at radius 3 is 2.86 bits per heavy atom. The van der Waals surface area contributed by atoms with E-state index in [-0.39, 0.29) is 5.91 Å². The summed E-state index contributed by atoms with van der Waals surface area (Å²) in [6.45, 7) is 4.11. The van der Waals surface area contributed by atoms with Crippen LogP contribution in [0.4, 0.5) is 0 Å². The lowest BCUT2D eigenvalue weighted by Gasteiger charge is -2.15. The van der Waals surface area contributed by atoms with Crippen molar-refractivity contribution in [3.63, 3.8) is 0 Å². The SMILES string of the molecule is Cc1noc(C)c1CN(C)C(=O)c1cc(-c2ccco2)[nH]n1.